The van der Waals surface area contributed by atoms with E-state index >= 15 is 0 Å². The highest BCUT2D eigenvalue weighted by atomic mass is 19.1. The molecule has 1 N–H and O–H groups in total. The van der Waals surface area contributed by atoms with Gasteiger partial charge in [0.1, 0.15) is 5.82 Å². The van der Waals surface area contributed by atoms with E-state index in [1.165, 1.54) is 11.1 Å². The SMILES string of the molecule is Cc1cccc([C@H](C)NC2CC(c3ccccc3F)C2)c1. The molecule has 2 aromatic rings. The summed E-state index contributed by atoms with van der Waals surface area (Å²) in [6.07, 6.45) is 2.05. The van der Waals surface area contributed by atoms with Crippen LogP contribution in [0.25, 0.3) is 0 Å². The van der Waals surface area contributed by atoms with E-state index in [0.717, 1.165) is 18.4 Å². The van der Waals surface area contributed by atoms with Crippen molar-refractivity contribution < 1.29 is 4.39 Å². The molecule has 1 saturated carbocycles. The maximum atomic E-state index is 13.7. The minimum Gasteiger partial charge on any atom is -0.307 e. The van der Waals surface area contributed by atoms with Gasteiger partial charge in [-0.05, 0) is 49.8 Å². The molecule has 1 fully saturated rings. The van der Waals surface area contributed by atoms with Gasteiger partial charge in [0.05, 0.1) is 0 Å². The van der Waals surface area contributed by atoms with Gasteiger partial charge in [-0.1, -0.05) is 48.0 Å². The van der Waals surface area contributed by atoms with Crippen LogP contribution in [0.15, 0.2) is 48.5 Å². The van der Waals surface area contributed by atoms with Gasteiger partial charge in [0.2, 0.25) is 0 Å². The number of hydrogen-bond acceptors (Lipinski definition) is 1. The molecule has 0 unspecified atom stereocenters. The van der Waals surface area contributed by atoms with Crippen LogP contribution in [0.4, 0.5) is 4.39 Å². The fourth-order valence-corrected chi connectivity index (χ4v) is 3.20. The first-order valence-corrected chi connectivity index (χ1v) is 7.70. The first-order valence-electron chi connectivity index (χ1n) is 7.70. The summed E-state index contributed by atoms with van der Waals surface area (Å²) in [6.45, 7) is 4.32. The fraction of sp³-hybridized carbons (Fsp3) is 0.368. The Hall–Kier alpha value is -1.67. The van der Waals surface area contributed by atoms with Crippen molar-refractivity contribution in [3.8, 4) is 0 Å². The third kappa shape index (κ3) is 3.16. The van der Waals surface area contributed by atoms with Gasteiger partial charge < -0.3 is 5.32 Å². The maximum Gasteiger partial charge on any atom is 0.126 e. The molecule has 0 aromatic heterocycles. The number of benzene rings is 2. The highest BCUT2D eigenvalue weighted by Gasteiger charge is 2.32. The minimum atomic E-state index is -0.0623. The van der Waals surface area contributed by atoms with Crippen molar-refractivity contribution >= 4 is 0 Å². The van der Waals surface area contributed by atoms with Crippen molar-refractivity contribution in [3.63, 3.8) is 0 Å². The summed E-state index contributed by atoms with van der Waals surface area (Å²) < 4.78 is 13.7. The Balaban J connectivity index is 1.56. The second kappa shape index (κ2) is 5.98. The second-order valence-electron chi connectivity index (χ2n) is 6.19. The molecule has 0 bridgehead atoms. The van der Waals surface area contributed by atoms with Gasteiger partial charge in [-0.15, -0.1) is 0 Å². The molecule has 2 heteroatoms. The van der Waals surface area contributed by atoms with Gasteiger partial charge in [-0.3, -0.25) is 0 Å². The Morgan fingerprint density at radius 2 is 1.86 bits per heavy atom. The van der Waals surface area contributed by atoms with Crippen molar-refractivity contribution in [1.29, 1.82) is 0 Å². The standard InChI is InChI=1S/C19H22FN/c1-13-6-5-7-15(10-13)14(2)21-17-11-16(12-17)18-8-3-4-9-19(18)20/h3-10,14,16-17,21H,11-12H2,1-2H3/t14-,16?,17?/m0/s1. The van der Waals surface area contributed by atoms with Crippen LogP contribution in [-0.4, -0.2) is 6.04 Å². The van der Waals surface area contributed by atoms with E-state index in [-0.39, 0.29) is 5.82 Å². The number of hydrogen-bond donors (Lipinski definition) is 1. The lowest BCUT2D eigenvalue weighted by molar-refractivity contribution is 0.266. The lowest BCUT2D eigenvalue weighted by atomic mass is 9.75. The minimum absolute atomic E-state index is 0.0623. The van der Waals surface area contributed by atoms with Crippen LogP contribution in [0.5, 0.6) is 0 Å². The maximum absolute atomic E-state index is 13.7. The monoisotopic (exact) mass is 283 g/mol. The van der Waals surface area contributed by atoms with Gasteiger partial charge in [0.25, 0.3) is 0 Å². The second-order valence-corrected chi connectivity index (χ2v) is 6.19. The average molecular weight is 283 g/mol. The molecule has 1 aliphatic carbocycles. The van der Waals surface area contributed by atoms with Crippen LogP contribution in [0.3, 0.4) is 0 Å². The van der Waals surface area contributed by atoms with E-state index in [0.29, 0.717) is 18.0 Å². The van der Waals surface area contributed by atoms with E-state index in [1.807, 2.05) is 12.1 Å². The zero-order valence-electron chi connectivity index (χ0n) is 12.6. The van der Waals surface area contributed by atoms with Gasteiger partial charge in [-0.2, -0.15) is 0 Å². The largest absolute Gasteiger partial charge is 0.307 e. The first-order chi connectivity index (χ1) is 10.1. The van der Waals surface area contributed by atoms with E-state index in [4.69, 9.17) is 0 Å². The van der Waals surface area contributed by atoms with Crippen LogP contribution in [0.2, 0.25) is 0 Å². The Morgan fingerprint density at radius 3 is 2.57 bits per heavy atom. The van der Waals surface area contributed by atoms with Crippen LogP contribution in [0.1, 0.15) is 48.4 Å². The normalized spacial score (nSPS) is 22.6. The van der Waals surface area contributed by atoms with Crippen molar-refractivity contribution in [3.05, 3.63) is 71.0 Å². The quantitative estimate of drug-likeness (QED) is 0.855. The molecular weight excluding hydrogens is 261 g/mol. The number of rotatable bonds is 4. The molecule has 0 saturated heterocycles. The Kier molecular flexibility index (Phi) is 4.07. The summed E-state index contributed by atoms with van der Waals surface area (Å²) in [4.78, 5) is 0. The zero-order chi connectivity index (χ0) is 14.8. The summed E-state index contributed by atoms with van der Waals surface area (Å²) in [5.41, 5.74) is 3.49. The smallest absolute Gasteiger partial charge is 0.126 e. The zero-order valence-corrected chi connectivity index (χ0v) is 12.6. The summed E-state index contributed by atoms with van der Waals surface area (Å²) in [7, 11) is 0. The Morgan fingerprint density at radius 1 is 1.10 bits per heavy atom. The molecule has 110 valence electrons. The Bertz CT molecular complexity index is 616. The fourth-order valence-electron chi connectivity index (χ4n) is 3.20. The van der Waals surface area contributed by atoms with Gasteiger partial charge in [0, 0.05) is 12.1 Å². The van der Waals surface area contributed by atoms with Gasteiger partial charge in [0.15, 0.2) is 0 Å². The molecule has 0 aliphatic heterocycles. The van der Waals surface area contributed by atoms with Crippen LogP contribution in [-0.2, 0) is 0 Å². The summed E-state index contributed by atoms with van der Waals surface area (Å²) in [6, 6.07) is 16.6. The van der Waals surface area contributed by atoms with Crippen LogP contribution in [0, 0.1) is 12.7 Å². The summed E-state index contributed by atoms with van der Waals surface area (Å²) in [5, 5.41) is 3.66. The van der Waals surface area contributed by atoms with Crippen LogP contribution >= 0.6 is 0 Å². The average Bonchev–Trinajstić information content (AvgIpc) is 2.43. The van der Waals surface area contributed by atoms with E-state index in [1.54, 1.807) is 12.1 Å². The lowest BCUT2D eigenvalue weighted by Crippen LogP contribution is -2.41. The predicted octanol–water partition coefficient (Wildman–Crippen LogP) is 4.73. The van der Waals surface area contributed by atoms with E-state index in [2.05, 4.69) is 43.4 Å². The highest BCUT2D eigenvalue weighted by Crippen LogP contribution is 2.38. The predicted molar refractivity (Wildman–Crippen MR) is 84.9 cm³/mol. The molecule has 21 heavy (non-hydrogen) atoms. The summed E-state index contributed by atoms with van der Waals surface area (Å²) >= 11 is 0. The van der Waals surface area contributed by atoms with Crippen molar-refractivity contribution in [2.75, 3.05) is 0 Å². The van der Waals surface area contributed by atoms with E-state index < -0.39 is 0 Å². The molecule has 0 spiro atoms. The third-order valence-electron chi connectivity index (χ3n) is 4.51. The van der Waals surface area contributed by atoms with Gasteiger partial charge >= 0.3 is 0 Å². The van der Waals surface area contributed by atoms with Gasteiger partial charge in [-0.25, -0.2) is 4.39 Å². The number of nitrogens with one attached hydrogen (secondary N) is 1. The Labute approximate surface area is 126 Å². The number of aryl methyl sites for hydroxylation is 1. The number of halogens is 1. The molecule has 0 radical (unpaired) electrons. The molecule has 3 rings (SSSR count). The van der Waals surface area contributed by atoms with Crippen LogP contribution < -0.4 is 5.32 Å². The lowest BCUT2D eigenvalue weighted by Gasteiger charge is -2.38. The van der Waals surface area contributed by atoms with E-state index in [9.17, 15) is 4.39 Å². The molecular formula is C19H22FN. The molecule has 0 amide bonds. The summed E-state index contributed by atoms with van der Waals surface area (Å²) in [5.74, 6) is 0.307. The van der Waals surface area contributed by atoms with Crippen molar-refractivity contribution in [1.82, 2.24) is 5.32 Å². The molecule has 1 nitrogen and oxygen atoms in total. The third-order valence-corrected chi connectivity index (χ3v) is 4.51. The van der Waals surface area contributed by atoms with Crippen molar-refractivity contribution in [2.24, 2.45) is 0 Å². The molecule has 2 aromatic carbocycles. The molecule has 1 atom stereocenters. The first kappa shape index (κ1) is 14.3. The molecule has 0 heterocycles. The topological polar surface area (TPSA) is 12.0 Å². The van der Waals surface area contributed by atoms with Crippen molar-refractivity contribution in [2.45, 2.75) is 44.7 Å². The highest BCUT2D eigenvalue weighted by molar-refractivity contribution is 5.27. The molecule has 1 aliphatic rings.